The molecule has 5 nitrogen and oxygen atoms in total. The van der Waals surface area contributed by atoms with E-state index in [9.17, 15) is 0 Å². The molecule has 1 unspecified atom stereocenters. The maximum absolute atomic E-state index is 5.82. The molecule has 3 aromatic rings. The monoisotopic (exact) mass is 416 g/mol. The normalized spacial score (nSPS) is 12.0. The van der Waals surface area contributed by atoms with E-state index in [0.717, 1.165) is 38.2 Å². The van der Waals surface area contributed by atoms with Gasteiger partial charge in [-0.05, 0) is 31.2 Å². The first-order chi connectivity index (χ1) is 12.6. The molecular weight excluding hydrogens is 396 g/mol. The van der Waals surface area contributed by atoms with Gasteiger partial charge >= 0.3 is 0 Å². The van der Waals surface area contributed by atoms with Crippen LogP contribution in [0.5, 0.6) is 11.5 Å². The van der Waals surface area contributed by atoms with Crippen molar-refractivity contribution >= 4 is 38.2 Å². The molecule has 0 saturated heterocycles. The van der Waals surface area contributed by atoms with Crippen molar-refractivity contribution in [3.63, 3.8) is 0 Å². The summed E-state index contributed by atoms with van der Waals surface area (Å²) < 4.78 is 17.5. The summed E-state index contributed by atoms with van der Waals surface area (Å²) in [6.45, 7) is 2.43. The van der Waals surface area contributed by atoms with Crippen LogP contribution in [0.4, 0.5) is 11.4 Å². The van der Waals surface area contributed by atoms with E-state index in [1.165, 1.54) is 0 Å². The molecule has 3 rings (SSSR count). The van der Waals surface area contributed by atoms with E-state index in [1.54, 1.807) is 20.4 Å². The van der Waals surface area contributed by atoms with Gasteiger partial charge < -0.3 is 19.5 Å². The molecule has 136 valence electrons. The van der Waals surface area contributed by atoms with Gasteiger partial charge in [-0.25, -0.2) is 0 Å². The third-order valence-corrected chi connectivity index (χ3v) is 4.48. The molecule has 2 aromatic carbocycles. The molecule has 0 bridgehead atoms. The van der Waals surface area contributed by atoms with Crippen LogP contribution in [0.25, 0.3) is 10.9 Å². The van der Waals surface area contributed by atoms with Gasteiger partial charge in [0.2, 0.25) is 0 Å². The Balaban J connectivity index is 1.91. The number of pyridine rings is 1. The highest BCUT2D eigenvalue weighted by molar-refractivity contribution is 9.10. The van der Waals surface area contributed by atoms with Crippen molar-refractivity contribution in [3.05, 3.63) is 53.1 Å². The van der Waals surface area contributed by atoms with Gasteiger partial charge in [0.15, 0.2) is 0 Å². The molecule has 1 N–H and O–H groups in total. The number of nitrogens with zero attached hydrogens (tertiary/aromatic N) is 1. The molecule has 1 heterocycles. The molecule has 1 atom stereocenters. The van der Waals surface area contributed by atoms with Gasteiger partial charge in [0.1, 0.15) is 18.1 Å². The largest absolute Gasteiger partial charge is 0.497 e. The highest BCUT2D eigenvalue weighted by atomic mass is 79.9. The Kier molecular flexibility index (Phi) is 5.96. The topological polar surface area (TPSA) is 52.6 Å². The lowest BCUT2D eigenvalue weighted by atomic mass is 10.2. The summed E-state index contributed by atoms with van der Waals surface area (Å²) in [5.41, 5.74) is 2.75. The first-order valence-electron chi connectivity index (χ1n) is 8.25. The highest BCUT2D eigenvalue weighted by Crippen LogP contribution is 2.31. The van der Waals surface area contributed by atoms with Crippen molar-refractivity contribution in [2.45, 2.75) is 13.0 Å². The summed E-state index contributed by atoms with van der Waals surface area (Å²) in [6, 6.07) is 13.7. The van der Waals surface area contributed by atoms with Crippen LogP contribution in [0, 0.1) is 0 Å². The number of hydrogen-bond acceptors (Lipinski definition) is 5. The van der Waals surface area contributed by atoms with Gasteiger partial charge in [-0.3, -0.25) is 4.98 Å². The Morgan fingerprint density at radius 1 is 1.08 bits per heavy atom. The van der Waals surface area contributed by atoms with Crippen molar-refractivity contribution in [3.8, 4) is 11.5 Å². The van der Waals surface area contributed by atoms with Crippen molar-refractivity contribution < 1.29 is 14.2 Å². The lowest BCUT2D eigenvalue weighted by Crippen LogP contribution is -2.16. The summed E-state index contributed by atoms with van der Waals surface area (Å²) in [7, 11) is 3.30. The highest BCUT2D eigenvalue weighted by Gasteiger charge is 2.08. The van der Waals surface area contributed by atoms with Crippen molar-refractivity contribution in [2.75, 3.05) is 26.1 Å². The van der Waals surface area contributed by atoms with Gasteiger partial charge in [0.05, 0.1) is 18.7 Å². The molecular formula is C20H21BrN2O3. The minimum atomic E-state index is 0.0131. The average Bonchev–Trinajstić information content (AvgIpc) is 2.66. The smallest absolute Gasteiger partial charge is 0.125 e. The predicted molar refractivity (Wildman–Crippen MR) is 108 cm³/mol. The first-order valence-corrected chi connectivity index (χ1v) is 9.04. The fourth-order valence-electron chi connectivity index (χ4n) is 2.51. The second-order valence-corrected chi connectivity index (χ2v) is 6.82. The summed E-state index contributed by atoms with van der Waals surface area (Å²) in [5, 5.41) is 4.47. The maximum Gasteiger partial charge on any atom is 0.125 e. The predicted octanol–water partition coefficient (Wildman–Crippen LogP) is 5.16. The third kappa shape index (κ3) is 4.45. The van der Waals surface area contributed by atoms with E-state index in [-0.39, 0.29) is 6.10 Å². The standard InChI is InChI=1S/C20H21BrN2O3/c1-13(24-2)12-26-17-10-15(9-16(11-17)25-3)23-20-6-7-22-19-5-4-14(21)8-18(19)20/h4-11,13H,12H2,1-3H3,(H,22,23). The molecule has 0 aliphatic heterocycles. The molecule has 0 fully saturated rings. The summed E-state index contributed by atoms with van der Waals surface area (Å²) in [5.74, 6) is 1.44. The summed E-state index contributed by atoms with van der Waals surface area (Å²) in [4.78, 5) is 4.41. The lowest BCUT2D eigenvalue weighted by Gasteiger charge is -2.15. The number of fused-ring (bicyclic) bond motifs is 1. The summed E-state index contributed by atoms with van der Waals surface area (Å²) in [6.07, 6.45) is 1.80. The van der Waals surface area contributed by atoms with Crippen LogP contribution in [0.1, 0.15) is 6.92 Å². The van der Waals surface area contributed by atoms with Crippen LogP contribution < -0.4 is 14.8 Å². The van der Waals surface area contributed by atoms with Crippen LogP contribution in [0.2, 0.25) is 0 Å². The van der Waals surface area contributed by atoms with Crippen LogP contribution in [-0.4, -0.2) is 31.9 Å². The SMILES string of the molecule is COc1cc(Nc2ccnc3ccc(Br)cc23)cc(OCC(C)OC)c1. The number of rotatable bonds is 7. The fraction of sp³-hybridized carbons (Fsp3) is 0.250. The minimum Gasteiger partial charge on any atom is -0.497 e. The molecule has 0 saturated carbocycles. The van der Waals surface area contributed by atoms with E-state index in [4.69, 9.17) is 14.2 Å². The van der Waals surface area contributed by atoms with Gasteiger partial charge in [-0.1, -0.05) is 15.9 Å². The molecule has 0 aliphatic rings. The van der Waals surface area contributed by atoms with Gasteiger partial charge in [-0.2, -0.15) is 0 Å². The second kappa shape index (κ2) is 8.38. The van der Waals surface area contributed by atoms with Crippen LogP contribution in [-0.2, 0) is 4.74 Å². The van der Waals surface area contributed by atoms with Crippen LogP contribution >= 0.6 is 15.9 Å². The number of nitrogens with one attached hydrogen (secondary N) is 1. The number of methoxy groups -OCH3 is 2. The molecule has 0 radical (unpaired) electrons. The Morgan fingerprint density at radius 2 is 1.88 bits per heavy atom. The Hall–Kier alpha value is -2.31. The molecule has 0 aliphatic carbocycles. The molecule has 0 amide bonds. The second-order valence-electron chi connectivity index (χ2n) is 5.90. The molecule has 1 aromatic heterocycles. The van der Waals surface area contributed by atoms with Gasteiger partial charge in [0, 0.05) is 52.7 Å². The van der Waals surface area contributed by atoms with Gasteiger partial charge in [-0.15, -0.1) is 0 Å². The Labute approximate surface area is 161 Å². The zero-order chi connectivity index (χ0) is 18.5. The zero-order valence-electron chi connectivity index (χ0n) is 15.0. The van der Waals surface area contributed by atoms with E-state index in [0.29, 0.717) is 6.61 Å². The van der Waals surface area contributed by atoms with Crippen molar-refractivity contribution in [1.82, 2.24) is 4.98 Å². The quantitative estimate of drug-likeness (QED) is 0.575. The van der Waals surface area contributed by atoms with Crippen molar-refractivity contribution in [1.29, 1.82) is 0 Å². The summed E-state index contributed by atoms with van der Waals surface area (Å²) >= 11 is 3.52. The third-order valence-electron chi connectivity index (χ3n) is 3.99. The number of aromatic nitrogens is 1. The number of halogens is 1. The zero-order valence-corrected chi connectivity index (χ0v) is 16.5. The number of hydrogen-bond donors (Lipinski definition) is 1. The van der Waals surface area contributed by atoms with Crippen molar-refractivity contribution in [2.24, 2.45) is 0 Å². The molecule has 26 heavy (non-hydrogen) atoms. The van der Waals surface area contributed by atoms with Gasteiger partial charge in [0.25, 0.3) is 0 Å². The minimum absolute atomic E-state index is 0.0131. The fourth-order valence-corrected chi connectivity index (χ4v) is 2.87. The maximum atomic E-state index is 5.82. The molecule has 0 spiro atoms. The van der Waals surface area contributed by atoms with E-state index >= 15 is 0 Å². The lowest BCUT2D eigenvalue weighted by molar-refractivity contribution is 0.0716. The van der Waals surface area contributed by atoms with Crippen LogP contribution in [0.3, 0.4) is 0 Å². The van der Waals surface area contributed by atoms with E-state index < -0.39 is 0 Å². The number of ether oxygens (including phenoxy) is 3. The van der Waals surface area contributed by atoms with E-state index in [2.05, 4.69) is 26.2 Å². The Morgan fingerprint density at radius 3 is 2.65 bits per heavy atom. The Bertz CT molecular complexity index is 901. The van der Waals surface area contributed by atoms with E-state index in [1.807, 2.05) is 49.4 Å². The average molecular weight is 417 g/mol. The molecule has 6 heteroatoms. The number of anilines is 2. The number of benzene rings is 2. The van der Waals surface area contributed by atoms with Crippen LogP contribution in [0.15, 0.2) is 53.1 Å². The first kappa shape index (κ1) is 18.5.